The Kier molecular flexibility index (Phi) is 8.34. The van der Waals surface area contributed by atoms with Gasteiger partial charge in [-0.2, -0.15) is 13.2 Å². The van der Waals surface area contributed by atoms with Crippen molar-refractivity contribution < 1.29 is 52.1 Å². The van der Waals surface area contributed by atoms with E-state index in [9.17, 15) is 37.5 Å². The van der Waals surface area contributed by atoms with Crippen molar-refractivity contribution in [3.8, 4) is 0 Å². The number of amides is 2. The first kappa shape index (κ1) is 28.2. The van der Waals surface area contributed by atoms with Crippen molar-refractivity contribution in [2.24, 2.45) is 5.73 Å². The lowest BCUT2D eigenvalue weighted by molar-refractivity contribution is -0.192. The Morgan fingerprint density at radius 2 is 1.92 bits per heavy atom. The molecular weight excluding hydrogens is 543 g/mol. The van der Waals surface area contributed by atoms with Gasteiger partial charge in [-0.15, -0.1) is 23.1 Å². The van der Waals surface area contributed by atoms with Gasteiger partial charge in [0.2, 0.25) is 5.91 Å². The third-order valence-corrected chi connectivity index (χ3v) is 7.60. The Labute approximate surface area is 215 Å². The second-order valence-corrected chi connectivity index (χ2v) is 9.65. The van der Waals surface area contributed by atoms with Crippen LogP contribution in [0, 0.1) is 0 Å². The quantitative estimate of drug-likeness (QED) is 0.273. The first-order valence-electron chi connectivity index (χ1n) is 10.5. The first-order chi connectivity index (χ1) is 17.3. The van der Waals surface area contributed by atoms with E-state index in [1.807, 2.05) is 0 Å². The van der Waals surface area contributed by atoms with Crippen LogP contribution in [0.4, 0.5) is 18.2 Å². The smallest absolute Gasteiger partial charge is 0.477 e. The third kappa shape index (κ3) is 5.65. The Balaban J connectivity index is 0.000000479. The summed E-state index contributed by atoms with van der Waals surface area (Å²) in [5, 5.41) is 18.6. The average Bonchev–Trinajstić information content (AvgIpc) is 3.45. The number of thioether (sulfide) groups is 1. The number of esters is 1. The molecule has 2 saturated heterocycles. The zero-order chi connectivity index (χ0) is 27.7. The number of ether oxygens (including phenoxy) is 1. The molecule has 0 aromatic carbocycles. The number of nitrogens with zero attached hydrogens (tertiary/aromatic N) is 2. The molecule has 0 spiro atoms. The molecule has 4 N–H and O–H groups in total. The van der Waals surface area contributed by atoms with Gasteiger partial charge < -0.3 is 20.7 Å². The van der Waals surface area contributed by atoms with Crippen molar-refractivity contribution in [1.82, 2.24) is 4.90 Å². The second-order valence-electron chi connectivity index (χ2n) is 7.65. The molecule has 0 saturated carbocycles. The Bertz CT molecular complexity index is 1210. The molecular formula is C21H20F3N3O8S2. The van der Waals surface area contributed by atoms with Crippen LogP contribution in [0.2, 0.25) is 0 Å². The molecule has 2 atom stereocenters. The molecule has 0 bridgehead atoms. The number of carbonyl (C=O) groups excluding carboxylic acids is 3. The van der Waals surface area contributed by atoms with E-state index in [4.69, 9.17) is 20.4 Å². The fourth-order valence-electron chi connectivity index (χ4n) is 3.68. The number of fused-ring (bicyclic) bond motifs is 1. The summed E-state index contributed by atoms with van der Waals surface area (Å²) in [7, 11) is 0. The first-order valence-corrected chi connectivity index (χ1v) is 12.5. The number of rotatable bonds is 5. The lowest BCUT2D eigenvalue weighted by Crippen LogP contribution is -2.68. The fourth-order valence-corrected chi connectivity index (χ4v) is 5.84. The largest absolute Gasteiger partial charge is 0.490 e. The number of carboxylic acids is 2. The van der Waals surface area contributed by atoms with Crippen LogP contribution in [0.15, 0.2) is 34.4 Å². The molecule has 200 valence electrons. The monoisotopic (exact) mass is 563 g/mol. The number of thiophene rings is 1. The minimum absolute atomic E-state index is 0.118. The fraction of sp³-hybridized carbons (Fsp3) is 0.381. The molecule has 11 nitrogen and oxygen atoms in total. The topological polar surface area (TPSA) is 168 Å². The third-order valence-electron chi connectivity index (χ3n) is 5.34. The molecule has 1 aromatic heterocycles. The molecule has 4 heterocycles. The van der Waals surface area contributed by atoms with Crippen molar-refractivity contribution in [2.75, 3.05) is 23.8 Å². The van der Waals surface area contributed by atoms with Crippen molar-refractivity contribution in [2.45, 2.75) is 30.9 Å². The summed E-state index contributed by atoms with van der Waals surface area (Å²) in [6, 6.07) is 0.914. The molecule has 16 heteroatoms. The van der Waals surface area contributed by atoms with Crippen LogP contribution >= 0.6 is 23.1 Å². The predicted molar refractivity (Wildman–Crippen MR) is 125 cm³/mol. The van der Waals surface area contributed by atoms with Crippen LogP contribution in [0.3, 0.4) is 0 Å². The van der Waals surface area contributed by atoms with Gasteiger partial charge in [0.05, 0.1) is 12.2 Å². The van der Waals surface area contributed by atoms with E-state index in [0.717, 1.165) is 0 Å². The minimum atomic E-state index is -5.08. The highest BCUT2D eigenvalue weighted by atomic mass is 32.2. The maximum absolute atomic E-state index is 13.0. The van der Waals surface area contributed by atoms with Crippen LogP contribution < -0.4 is 10.6 Å². The Morgan fingerprint density at radius 3 is 2.49 bits per heavy atom. The number of allylic oxidation sites excluding steroid dienone is 1. The van der Waals surface area contributed by atoms with Crippen LogP contribution in [-0.4, -0.2) is 81.3 Å². The molecule has 0 aliphatic carbocycles. The highest BCUT2D eigenvalue weighted by Crippen LogP contribution is 2.41. The van der Waals surface area contributed by atoms with E-state index >= 15 is 0 Å². The van der Waals surface area contributed by atoms with E-state index in [1.165, 1.54) is 32.9 Å². The molecule has 3 aliphatic heterocycles. The SMILES string of the molecule is CCOC(=O)c1ccsc1N1CC/C(=C\C2=C(C(=O)O)N3C(=O)[C@@H](N)[C@H]3SC2)C1=O.O=C(O)C(F)(F)F. The van der Waals surface area contributed by atoms with Crippen molar-refractivity contribution in [3.05, 3.63) is 39.9 Å². The van der Waals surface area contributed by atoms with Crippen molar-refractivity contribution >= 4 is 57.8 Å². The summed E-state index contributed by atoms with van der Waals surface area (Å²) in [6.45, 7) is 2.31. The van der Waals surface area contributed by atoms with Crippen molar-refractivity contribution in [1.29, 1.82) is 0 Å². The van der Waals surface area contributed by atoms with Gasteiger partial charge >= 0.3 is 24.1 Å². The van der Waals surface area contributed by atoms with Gasteiger partial charge in [0.1, 0.15) is 22.1 Å². The van der Waals surface area contributed by atoms with Crippen molar-refractivity contribution in [3.63, 3.8) is 0 Å². The molecule has 2 amide bonds. The van der Waals surface area contributed by atoms with E-state index in [-0.39, 0.29) is 23.6 Å². The molecule has 3 aliphatic rings. The number of halogens is 3. The van der Waals surface area contributed by atoms with Crippen LogP contribution in [0.5, 0.6) is 0 Å². The number of anilines is 1. The van der Waals surface area contributed by atoms with Crippen LogP contribution in [0.1, 0.15) is 23.7 Å². The van der Waals surface area contributed by atoms with Gasteiger partial charge in [0.25, 0.3) is 5.91 Å². The molecule has 37 heavy (non-hydrogen) atoms. The lowest BCUT2D eigenvalue weighted by Gasteiger charge is -2.47. The van der Waals surface area contributed by atoms with Gasteiger partial charge in [0.15, 0.2) is 0 Å². The molecule has 0 radical (unpaired) electrons. The van der Waals surface area contributed by atoms with E-state index in [2.05, 4.69) is 0 Å². The number of hydrogen-bond acceptors (Lipinski definition) is 9. The molecule has 2 fully saturated rings. The molecule has 1 aromatic rings. The number of aliphatic carboxylic acids is 2. The number of β-lactam (4-membered cyclic amide) rings is 1. The van der Waals surface area contributed by atoms with Gasteiger partial charge in [-0.3, -0.25) is 19.4 Å². The summed E-state index contributed by atoms with van der Waals surface area (Å²) in [5.74, 6) is -4.85. The number of carbonyl (C=O) groups is 5. The average molecular weight is 564 g/mol. The van der Waals surface area contributed by atoms with Gasteiger partial charge in [-0.1, -0.05) is 0 Å². The second kappa shape index (κ2) is 10.9. The standard InChI is InChI=1S/C19H19N3O6S2.C2HF3O2/c1-2-28-19(27)11-4-6-29-16(11)21-5-3-9(14(21)23)7-10-8-30-17-12(20)15(24)22(17)13(10)18(25)26;3-2(4,5)1(6)7/h4,6-7,12,17H,2-3,5,8,20H2,1H3,(H,25,26);(H,6,7)/b9-7+;/t12-,17-;/m1./s1. The lowest BCUT2D eigenvalue weighted by atomic mass is 10.0. The van der Waals surface area contributed by atoms with Crippen LogP contribution in [0.25, 0.3) is 0 Å². The maximum atomic E-state index is 13.0. The summed E-state index contributed by atoms with van der Waals surface area (Å²) in [6.07, 6.45) is -3.12. The number of carboxylic acid groups (broad SMARTS) is 2. The minimum Gasteiger partial charge on any atom is -0.477 e. The summed E-state index contributed by atoms with van der Waals surface area (Å²) in [4.78, 5) is 60.6. The maximum Gasteiger partial charge on any atom is 0.490 e. The van der Waals surface area contributed by atoms with Gasteiger partial charge in [0, 0.05) is 17.9 Å². The zero-order valence-electron chi connectivity index (χ0n) is 19.0. The summed E-state index contributed by atoms with van der Waals surface area (Å²) >= 11 is 2.65. The Hall–Kier alpha value is -3.37. The van der Waals surface area contributed by atoms with Crippen LogP contribution in [-0.2, 0) is 23.9 Å². The van der Waals surface area contributed by atoms with Gasteiger partial charge in [-0.25, -0.2) is 14.4 Å². The Morgan fingerprint density at radius 1 is 1.27 bits per heavy atom. The predicted octanol–water partition coefficient (Wildman–Crippen LogP) is 1.80. The summed E-state index contributed by atoms with van der Waals surface area (Å²) < 4.78 is 36.8. The summed E-state index contributed by atoms with van der Waals surface area (Å²) in [5.41, 5.74) is 6.82. The van der Waals surface area contributed by atoms with E-state index in [0.29, 0.717) is 40.4 Å². The number of alkyl halides is 3. The van der Waals surface area contributed by atoms with Gasteiger partial charge in [-0.05, 0) is 36.4 Å². The highest BCUT2D eigenvalue weighted by molar-refractivity contribution is 8.00. The number of hydrogen-bond donors (Lipinski definition) is 3. The zero-order valence-corrected chi connectivity index (χ0v) is 20.6. The normalized spacial score (nSPS) is 22.4. The van der Waals surface area contributed by atoms with E-state index in [1.54, 1.807) is 24.4 Å². The van der Waals surface area contributed by atoms with E-state index < -0.39 is 36.0 Å². The number of nitrogens with two attached hydrogens (primary N) is 1. The highest BCUT2D eigenvalue weighted by Gasteiger charge is 2.51. The molecule has 0 unspecified atom stereocenters. The molecule has 4 rings (SSSR count).